The molecule has 1 aliphatic heterocycles. The molecule has 1 aromatic carbocycles. The molecule has 4 rings (SSSR count). The Morgan fingerprint density at radius 3 is 2.70 bits per heavy atom. The summed E-state index contributed by atoms with van der Waals surface area (Å²) in [6, 6.07) is 9.51. The molecule has 1 atom stereocenters. The summed E-state index contributed by atoms with van der Waals surface area (Å²) in [5, 5.41) is 10.3. The van der Waals surface area contributed by atoms with Gasteiger partial charge in [0.2, 0.25) is 5.88 Å². The van der Waals surface area contributed by atoms with Gasteiger partial charge in [-0.05, 0) is 44.6 Å². The number of fused-ring (bicyclic) bond motifs is 1. The van der Waals surface area contributed by atoms with Crippen molar-refractivity contribution in [1.29, 1.82) is 0 Å². The number of pyridine rings is 1. The molecule has 3 heterocycles. The minimum Gasteiger partial charge on any atom is -0.478 e. The Bertz CT molecular complexity index is 1400. The molecule has 40 heavy (non-hydrogen) atoms. The van der Waals surface area contributed by atoms with Crippen LogP contribution in [-0.4, -0.2) is 89.0 Å². The first-order valence-corrected chi connectivity index (χ1v) is 15.4. The number of rotatable bonds is 15. The van der Waals surface area contributed by atoms with Crippen molar-refractivity contribution in [3.8, 4) is 5.88 Å². The SMILES string of the molecule is CNCCCOc1ccc2nc(NC(=O)/C(=N/O[C@@H]3CCOC3)c3ccc(S(=O)(=O)CCCOC)cc3)sc2n1. The lowest BCUT2D eigenvalue weighted by Gasteiger charge is -2.10. The fourth-order valence-corrected chi connectivity index (χ4v) is 5.90. The normalized spacial score (nSPS) is 15.8. The van der Waals surface area contributed by atoms with Crippen molar-refractivity contribution in [2.75, 3.05) is 58.2 Å². The van der Waals surface area contributed by atoms with E-state index in [4.69, 9.17) is 19.0 Å². The first-order valence-electron chi connectivity index (χ1n) is 12.9. The predicted octanol–water partition coefficient (Wildman–Crippen LogP) is 2.64. The Morgan fingerprint density at radius 1 is 1.15 bits per heavy atom. The van der Waals surface area contributed by atoms with E-state index < -0.39 is 15.7 Å². The second-order valence-electron chi connectivity index (χ2n) is 8.97. The van der Waals surface area contributed by atoms with Crippen LogP contribution >= 0.6 is 11.3 Å². The van der Waals surface area contributed by atoms with Crippen molar-refractivity contribution in [3.63, 3.8) is 0 Å². The third-order valence-electron chi connectivity index (χ3n) is 5.92. The average molecular weight is 592 g/mol. The van der Waals surface area contributed by atoms with Gasteiger partial charge in [-0.25, -0.2) is 18.4 Å². The number of nitrogens with zero attached hydrogens (tertiary/aromatic N) is 3. The molecule has 0 unspecified atom stereocenters. The number of aromatic nitrogens is 2. The van der Waals surface area contributed by atoms with Gasteiger partial charge in [0, 0.05) is 31.8 Å². The van der Waals surface area contributed by atoms with Crippen molar-refractivity contribution in [3.05, 3.63) is 42.0 Å². The second kappa shape index (κ2) is 14.5. The van der Waals surface area contributed by atoms with Crippen LogP contribution < -0.4 is 15.4 Å². The maximum absolute atomic E-state index is 13.4. The Hall–Kier alpha value is -3.17. The van der Waals surface area contributed by atoms with Crippen LogP contribution in [0.2, 0.25) is 0 Å². The molecule has 14 heteroatoms. The van der Waals surface area contributed by atoms with Crippen molar-refractivity contribution < 1.29 is 32.3 Å². The standard InChI is InChI=1S/C26H33N5O7S2/c1-27-12-3-14-37-22-10-9-21-25(29-22)39-26(28-21)30-24(32)23(31-38-19-11-15-36-17-19)18-5-7-20(8-6-18)40(33,34)16-4-13-35-2/h5-10,19,27H,3-4,11-17H2,1-2H3,(H,28,30,32)/b31-23+/t19-/m1/s1. The van der Waals surface area contributed by atoms with Gasteiger partial charge in [0.15, 0.2) is 26.8 Å². The van der Waals surface area contributed by atoms with Gasteiger partial charge in [0.25, 0.3) is 5.91 Å². The number of hydrogen-bond acceptors (Lipinski definition) is 12. The first kappa shape index (κ1) is 29.8. The third kappa shape index (κ3) is 8.17. The van der Waals surface area contributed by atoms with Crippen LogP contribution in [0.4, 0.5) is 5.13 Å². The maximum atomic E-state index is 13.4. The van der Waals surface area contributed by atoms with Crippen LogP contribution in [0.3, 0.4) is 0 Å². The number of thiazole rings is 1. The topological polar surface area (TPSA) is 150 Å². The van der Waals surface area contributed by atoms with Gasteiger partial charge in [-0.1, -0.05) is 28.6 Å². The Labute approximate surface area is 237 Å². The zero-order valence-electron chi connectivity index (χ0n) is 22.4. The molecule has 0 aliphatic carbocycles. The highest BCUT2D eigenvalue weighted by atomic mass is 32.2. The molecule has 1 amide bonds. The van der Waals surface area contributed by atoms with Gasteiger partial charge in [-0.2, -0.15) is 0 Å². The largest absolute Gasteiger partial charge is 0.478 e. The number of methoxy groups -OCH3 is 1. The van der Waals surface area contributed by atoms with E-state index in [1.165, 1.54) is 42.7 Å². The first-order chi connectivity index (χ1) is 19.4. The fraction of sp³-hybridized carbons (Fsp3) is 0.462. The molecule has 0 radical (unpaired) electrons. The van der Waals surface area contributed by atoms with E-state index in [1.54, 1.807) is 12.1 Å². The van der Waals surface area contributed by atoms with Gasteiger partial charge < -0.3 is 24.4 Å². The second-order valence-corrected chi connectivity index (χ2v) is 12.1. The van der Waals surface area contributed by atoms with E-state index in [0.29, 0.717) is 66.2 Å². The monoisotopic (exact) mass is 591 g/mol. The van der Waals surface area contributed by atoms with E-state index in [9.17, 15) is 13.2 Å². The molecule has 2 N–H and O–H groups in total. The number of oxime groups is 1. The zero-order valence-corrected chi connectivity index (χ0v) is 24.1. The van der Waals surface area contributed by atoms with Crippen molar-refractivity contribution in [2.45, 2.75) is 30.3 Å². The number of sulfone groups is 1. The lowest BCUT2D eigenvalue weighted by Crippen LogP contribution is -2.25. The molecular weight excluding hydrogens is 558 g/mol. The molecule has 216 valence electrons. The maximum Gasteiger partial charge on any atom is 0.280 e. The van der Waals surface area contributed by atoms with Crippen LogP contribution in [0.5, 0.6) is 5.88 Å². The average Bonchev–Trinajstić information content (AvgIpc) is 3.61. The van der Waals surface area contributed by atoms with Crippen LogP contribution in [0.25, 0.3) is 10.3 Å². The van der Waals surface area contributed by atoms with E-state index in [-0.39, 0.29) is 22.5 Å². The van der Waals surface area contributed by atoms with Crippen LogP contribution in [0.1, 0.15) is 24.8 Å². The highest BCUT2D eigenvalue weighted by molar-refractivity contribution is 7.91. The number of benzene rings is 1. The highest BCUT2D eigenvalue weighted by Gasteiger charge is 2.22. The lowest BCUT2D eigenvalue weighted by molar-refractivity contribution is -0.110. The Balaban J connectivity index is 1.51. The number of carbonyl (C=O) groups excluding carboxylic acids is 1. The van der Waals surface area contributed by atoms with E-state index in [1.807, 2.05) is 7.05 Å². The number of anilines is 1. The molecule has 1 aliphatic rings. The number of amides is 1. The van der Waals surface area contributed by atoms with Crippen LogP contribution in [0.15, 0.2) is 46.4 Å². The van der Waals surface area contributed by atoms with Crippen LogP contribution in [-0.2, 0) is 28.9 Å². The molecule has 1 saturated heterocycles. The summed E-state index contributed by atoms with van der Waals surface area (Å²) in [6.45, 7) is 2.65. The predicted molar refractivity (Wildman–Crippen MR) is 152 cm³/mol. The molecule has 0 bridgehead atoms. The zero-order chi connectivity index (χ0) is 28.4. The summed E-state index contributed by atoms with van der Waals surface area (Å²) < 4.78 is 41.2. The van der Waals surface area contributed by atoms with Gasteiger partial charge >= 0.3 is 0 Å². The van der Waals surface area contributed by atoms with E-state index in [0.717, 1.165) is 13.0 Å². The minimum atomic E-state index is -3.49. The van der Waals surface area contributed by atoms with E-state index in [2.05, 4.69) is 25.8 Å². The van der Waals surface area contributed by atoms with Gasteiger partial charge in [-0.3, -0.25) is 10.1 Å². The van der Waals surface area contributed by atoms with Gasteiger partial charge in [0.05, 0.1) is 30.5 Å². The molecule has 2 aromatic heterocycles. The molecule has 3 aromatic rings. The summed E-state index contributed by atoms with van der Waals surface area (Å²) in [5.41, 5.74) is 0.989. The molecule has 0 spiro atoms. The van der Waals surface area contributed by atoms with Gasteiger partial charge in [-0.15, -0.1) is 0 Å². The van der Waals surface area contributed by atoms with Crippen molar-refractivity contribution in [1.82, 2.24) is 15.3 Å². The Kier molecular flexibility index (Phi) is 10.8. The van der Waals surface area contributed by atoms with Crippen molar-refractivity contribution in [2.24, 2.45) is 5.16 Å². The minimum absolute atomic E-state index is 0.0176. The summed E-state index contributed by atoms with van der Waals surface area (Å²) in [5.74, 6) is -0.116. The number of ether oxygens (including phenoxy) is 3. The highest BCUT2D eigenvalue weighted by Crippen LogP contribution is 2.27. The summed E-state index contributed by atoms with van der Waals surface area (Å²) in [4.78, 5) is 28.6. The van der Waals surface area contributed by atoms with Crippen LogP contribution in [0, 0.1) is 0 Å². The number of carbonyl (C=O) groups is 1. The summed E-state index contributed by atoms with van der Waals surface area (Å²) in [6.07, 6.45) is 1.60. The lowest BCUT2D eigenvalue weighted by atomic mass is 10.1. The van der Waals surface area contributed by atoms with E-state index >= 15 is 0 Å². The van der Waals surface area contributed by atoms with Crippen molar-refractivity contribution >= 4 is 48.3 Å². The molecule has 1 fully saturated rings. The summed E-state index contributed by atoms with van der Waals surface area (Å²) >= 11 is 1.20. The smallest absolute Gasteiger partial charge is 0.280 e. The summed E-state index contributed by atoms with van der Waals surface area (Å²) in [7, 11) is -0.0853. The third-order valence-corrected chi connectivity index (χ3v) is 8.61. The fourth-order valence-electron chi connectivity index (χ4n) is 3.80. The molecular formula is C26H33N5O7S2. The molecule has 0 saturated carbocycles. The quantitative estimate of drug-likeness (QED) is 0.153. The number of nitrogens with one attached hydrogen (secondary N) is 2. The molecule has 12 nitrogen and oxygen atoms in total. The van der Waals surface area contributed by atoms with Gasteiger partial charge in [0.1, 0.15) is 10.3 Å². The Morgan fingerprint density at radius 2 is 1.98 bits per heavy atom. The number of hydrogen-bond donors (Lipinski definition) is 2.